The highest BCUT2D eigenvalue weighted by atomic mass is 19.1. The van der Waals surface area contributed by atoms with E-state index in [1.807, 2.05) is 42.5 Å². The van der Waals surface area contributed by atoms with Crippen LogP contribution in [0.4, 0.5) is 4.39 Å². The average molecular weight is 472 g/mol. The lowest BCUT2D eigenvalue weighted by Gasteiger charge is -2.33. The Labute approximate surface area is 216 Å². The van der Waals surface area contributed by atoms with Crippen LogP contribution in [0.15, 0.2) is 115 Å². The molecular weight excluding hydrogens is 453 g/mol. The summed E-state index contributed by atoms with van der Waals surface area (Å²) in [6.45, 7) is -0.232. The van der Waals surface area contributed by atoms with Gasteiger partial charge in [0.2, 0.25) is 13.4 Å². The molecule has 2 nitrogen and oxygen atoms in total. The topological polar surface area (TPSA) is 47.6 Å². The number of halogens is 1. The molecule has 0 atom stereocenters. The number of rotatable bonds is 3. The molecule has 5 aromatic carbocycles. The summed E-state index contributed by atoms with van der Waals surface area (Å²) in [5, 5.41) is 19.7. The van der Waals surface area contributed by atoms with Crippen molar-refractivity contribution in [1.29, 1.82) is 10.5 Å². The van der Waals surface area contributed by atoms with Gasteiger partial charge in [-0.1, -0.05) is 130 Å². The summed E-state index contributed by atoms with van der Waals surface area (Å²) < 4.78 is 15.5. The lowest BCUT2D eigenvalue weighted by molar-refractivity contribution is 0.627. The van der Waals surface area contributed by atoms with Crippen molar-refractivity contribution in [2.24, 2.45) is 0 Å². The number of benzene rings is 5. The maximum absolute atomic E-state index is 15.5. The zero-order valence-electron chi connectivity index (χ0n) is 19.9. The fourth-order valence-corrected chi connectivity index (χ4v) is 5.76. The third kappa shape index (κ3) is 3.65. The predicted octanol–water partition coefficient (Wildman–Crippen LogP) is 2.58. The van der Waals surface area contributed by atoms with E-state index in [0.29, 0.717) is 16.7 Å². The van der Waals surface area contributed by atoms with E-state index in [1.165, 1.54) is 22.5 Å². The van der Waals surface area contributed by atoms with Crippen molar-refractivity contribution in [3.63, 3.8) is 0 Å². The third-order valence-corrected chi connectivity index (χ3v) is 7.29. The van der Waals surface area contributed by atoms with Gasteiger partial charge in [-0.2, -0.15) is 10.5 Å². The molecule has 0 spiro atoms. The van der Waals surface area contributed by atoms with Crippen molar-refractivity contribution in [3.8, 4) is 23.3 Å². The molecule has 0 radical (unpaired) electrons. The number of fused-ring (bicyclic) bond motifs is 2. The average Bonchev–Trinajstić information content (AvgIpc) is 2.96. The second-order valence-corrected chi connectivity index (χ2v) is 9.19. The van der Waals surface area contributed by atoms with Crippen LogP contribution in [0.25, 0.3) is 11.1 Å². The van der Waals surface area contributed by atoms with Crippen LogP contribution >= 0.6 is 0 Å². The van der Waals surface area contributed by atoms with Gasteiger partial charge < -0.3 is 0 Å². The Morgan fingerprint density at radius 3 is 1.54 bits per heavy atom. The van der Waals surface area contributed by atoms with Gasteiger partial charge >= 0.3 is 0 Å². The summed E-state index contributed by atoms with van der Waals surface area (Å²) in [4.78, 5) is 0. The van der Waals surface area contributed by atoms with Crippen LogP contribution in [0.5, 0.6) is 0 Å². The van der Waals surface area contributed by atoms with Gasteiger partial charge in [-0.05, 0) is 23.2 Å². The van der Waals surface area contributed by atoms with Crippen molar-refractivity contribution in [1.82, 2.24) is 0 Å². The summed E-state index contributed by atoms with van der Waals surface area (Å²) in [6.07, 6.45) is 0. The molecule has 1 heterocycles. The van der Waals surface area contributed by atoms with Gasteiger partial charge in [0.1, 0.15) is 11.9 Å². The Hall–Kier alpha value is -4.86. The number of nitrogens with zero attached hydrogens (tertiary/aromatic N) is 2. The second-order valence-electron chi connectivity index (χ2n) is 9.19. The first-order valence-corrected chi connectivity index (χ1v) is 12.2. The molecule has 0 bridgehead atoms. The normalized spacial score (nSPS) is 11.8. The summed E-state index contributed by atoms with van der Waals surface area (Å²) in [5.74, 6) is -0.569. The monoisotopic (exact) mass is 472 g/mol. The molecule has 0 fully saturated rings. The number of nitriles is 2. The zero-order valence-corrected chi connectivity index (χ0v) is 19.9. The quantitative estimate of drug-likeness (QED) is 0.372. The van der Waals surface area contributed by atoms with E-state index in [9.17, 15) is 10.5 Å². The van der Waals surface area contributed by atoms with E-state index < -0.39 is 5.82 Å². The van der Waals surface area contributed by atoms with Gasteiger partial charge in [0, 0.05) is 11.1 Å². The fraction of sp³-hybridized carbons (Fsp3) is 0. The molecule has 5 heteroatoms. The van der Waals surface area contributed by atoms with Crippen LogP contribution in [-0.2, 0) is 0 Å². The Kier molecular flexibility index (Phi) is 5.68. The second kappa shape index (κ2) is 9.30. The summed E-state index contributed by atoms with van der Waals surface area (Å²) in [5.41, 5.74) is 7.91. The largest absolute Gasteiger partial charge is 0.242 e. The van der Waals surface area contributed by atoms with E-state index in [4.69, 9.17) is 0 Å². The van der Waals surface area contributed by atoms with Gasteiger partial charge in [-0.3, -0.25) is 0 Å². The van der Waals surface area contributed by atoms with Gasteiger partial charge in [-0.15, -0.1) is 0 Å². The van der Waals surface area contributed by atoms with Crippen LogP contribution in [0.3, 0.4) is 0 Å². The molecule has 0 amide bonds. The zero-order chi connectivity index (χ0) is 25.4. The molecule has 37 heavy (non-hydrogen) atoms. The third-order valence-electron chi connectivity index (χ3n) is 7.29. The summed E-state index contributed by atoms with van der Waals surface area (Å²) in [6, 6.07) is 41.7. The van der Waals surface area contributed by atoms with Crippen LogP contribution in [-0.4, -0.2) is 13.4 Å². The Morgan fingerprint density at radius 1 is 0.486 bits per heavy atom. The minimum Gasteiger partial charge on any atom is -0.205 e. The number of hydrogen-bond donors (Lipinski definition) is 0. The van der Waals surface area contributed by atoms with E-state index in [1.54, 1.807) is 24.3 Å². The highest BCUT2D eigenvalue weighted by Crippen LogP contribution is 2.25. The van der Waals surface area contributed by atoms with E-state index >= 15 is 4.39 Å². The van der Waals surface area contributed by atoms with Gasteiger partial charge in [0.25, 0.3) is 0 Å². The molecule has 6 rings (SSSR count). The highest BCUT2D eigenvalue weighted by Gasteiger charge is 2.40. The molecule has 0 aliphatic carbocycles. The maximum atomic E-state index is 15.5. The van der Waals surface area contributed by atoms with E-state index in [2.05, 4.69) is 54.6 Å². The molecule has 1 aliphatic rings. The van der Waals surface area contributed by atoms with Crippen LogP contribution < -0.4 is 32.8 Å². The molecule has 0 N–H and O–H groups in total. The molecule has 0 saturated heterocycles. The van der Waals surface area contributed by atoms with Gasteiger partial charge in [0.15, 0.2) is 0 Å². The van der Waals surface area contributed by atoms with Crippen LogP contribution in [0.1, 0.15) is 11.1 Å². The van der Waals surface area contributed by atoms with Gasteiger partial charge in [0.05, 0.1) is 11.6 Å². The molecule has 0 aromatic heterocycles. The standard InChI is InChI=1S/C32H19B2FN2/c35-32-23(21-37)11-9-15-26(32)25-14-8-10-22(20-36)31(25)34-29-18-6-4-16-27(29)33(24-12-2-1-3-13-24)28-17-5-7-19-30(28)34/h1-19H. The molecule has 0 saturated carbocycles. The SMILES string of the molecule is N#Cc1cccc(-c2cccc(C#N)c2B2c3ccccc3B(c3ccccc3)c3ccccc32)c1F. The van der Waals surface area contributed by atoms with Crippen molar-refractivity contribution >= 4 is 46.2 Å². The molecule has 170 valence electrons. The Balaban J connectivity index is 1.69. The molecule has 5 aromatic rings. The van der Waals surface area contributed by atoms with Crippen molar-refractivity contribution in [2.45, 2.75) is 0 Å². The first kappa shape index (κ1) is 22.6. The van der Waals surface area contributed by atoms with E-state index in [0.717, 1.165) is 16.4 Å². The smallest absolute Gasteiger partial charge is 0.205 e. The molecular formula is C32H19B2FN2. The Morgan fingerprint density at radius 2 is 0.973 bits per heavy atom. The minimum absolute atomic E-state index is 0.0144. The molecule has 1 aliphatic heterocycles. The van der Waals surface area contributed by atoms with Crippen molar-refractivity contribution in [3.05, 3.63) is 132 Å². The molecule has 0 unspecified atom stereocenters. The lowest BCUT2D eigenvalue weighted by Crippen LogP contribution is -2.75. The van der Waals surface area contributed by atoms with Crippen LogP contribution in [0, 0.1) is 28.5 Å². The maximum Gasteiger partial charge on any atom is 0.242 e. The van der Waals surface area contributed by atoms with Gasteiger partial charge in [-0.25, -0.2) is 4.39 Å². The van der Waals surface area contributed by atoms with Crippen molar-refractivity contribution in [2.75, 3.05) is 0 Å². The minimum atomic E-state index is -0.569. The summed E-state index contributed by atoms with van der Waals surface area (Å²) >= 11 is 0. The fourth-order valence-electron chi connectivity index (χ4n) is 5.76. The van der Waals surface area contributed by atoms with Crippen LogP contribution in [0.2, 0.25) is 0 Å². The summed E-state index contributed by atoms with van der Waals surface area (Å²) in [7, 11) is 0. The Bertz CT molecular complexity index is 1690. The first-order chi connectivity index (χ1) is 18.2. The number of hydrogen-bond acceptors (Lipinski definition) is 2. The lowest BCUT2D eigenvalue weighted by atomic mass is 9.20. The predicted molar refractivity (Wildman–Crippen MR) is 150 cm³/mol. The van der Waals surface area contributed by atoms with Crippen molar-refractivity contribution < 1.29 is 4.39 Å². The first-order valence-electron chi connectivity index (χ1n) is 12.2. The highest BCUT2D eigenvalue weighted by molar-refractivity contribution is 7.11. The van der Waals surface area contributed by atoms with E-state index in [-0.39, 0.29) is 19.0 Å².